The number of methoxy groups -OCH3 is 2. The number of ether oxygens (including phenoxy) is 2. The zero-order chi connectivity index (χ0) is 17.8. The summed E-state index contributed by atoms with van der Waals surface area (Å²) in [5, 5.41) is 3.43. The first-order chi connectivity index (χ1) is 12.1. The average Bonchev–Trinajstić information content (AvgIpc) is 2.81. The Bertz CT molecular complexity index is 719. The van der Waals surface area contributed by atoms with Crippen molar-refractivity contribution in [1.29, 1.82) is 0 Å². The van der Waals surface area contributed by atoms with E-state index in [4.69, 9.17) is 18.9 Å². The molecule has 0 bridgehead atoms. The third kappa shape index (κ3) is 3.80. The summed E-state index contributed by atoms with van der Waals surface area (Å²) in [5.41, 5.74) is 2.79. The molecule has 1 saturated heterocycles. The van der Waals surface area contributed by atoms with E-state index in [1.54, 1.807) is 14.2 Å². The number of nitrogens with zero attached hydrogens (tertiary/aromatic N) is 2. The molecular weight excluding hydrogens is 318 g/mol. The van der Waals surface area contributed by atoms with E-state index in [1.807, 2.05) is 26.0 Å². The van der Waals surface area contributed by atoms with Crippen molar-refractivity contribution < 1.29 is 13.9 Å². The van der Waals surface area contributed by atoms with Gasteiger partial charge in [-0.15, -0.1) is 0 Å². The zero-order valence-corrected chi connectivity index (χ0v) is 15.5. The summed E-state index contributed by atoms with van der Waals surface area (Å²) < 4.78 is 16.9. The van der Waals surface area contributed by atoms with Crippen LogP contribution in [-0.2, 0) is 6.54 Å². The molecule has 25 heavy (non-hydrogen) atoms. The van der Waals surface area contributed by atoms with Crippen LogP contribution >= 0.6 is 0 Å². The van der Waals surface area contributed by atoms with Gasteiger partial charge in [-0.05, 0) is 45.5 Å². The minimum Gasteiger partial charge on any atom is -0.496 e. The summed E-state index contributed by atoms with van der Waals surface area (Å²) in [6.07, 6.45) is 1.16. The molecule has 0 atom stereocenters. The lowest BCUT2D eigenvalue weighted by atomic mass is 10.1. The number of hydrogen-bond donors (Lipinski definition) is 1. The molecule has 1 aliphatic heterocycles. The summed E-state index contributed by atoms with van der Waals surface area (Å²) in [7, 11) is 3.32. The Morgan fingerprint density at radius 2 is 2.00 bits per heavy atom. The van der Waals surface area contributed by atoms with Crippen LogP contribution in [0.1, 0.15) is 23.4 Å². The molecule has 1 aliphatic rings. The third-order valence-electron chi connectivity index (χ3n) is 4.71. The SMILES string of the molecule is COc1ccc(-c2nc(CN3CCCNCC3)c(C)o2)c(OC)c1C. The van der Waals surface area contributed by atoms with Gasteiger partial charge in [0, 0.05) is 25.2 Å². The van der Waals surface area contributed by atoms with Crippen molar-refractivity contribution in [3.8, 4) is 23.0 Å². The quantitative estimate of drug-likeness (QED) is 0.899. The average molecular weight is 345 g/mol. The molecule has 1 aromatic carbocycles. The molecule has 0 saturated carbocycles. The predicted molar refractivity (Wildman–Crippen MR) is 97.3 cm³/mol. The molecule has 1 N–H and O–H groups in total. The lowest BCUT2D eigenvalue weighted by molar-refractivity contribution is 0.280. The molecule has 2 aromatic rings. The first-order valence-electron chi connectivity index (χ1n) is 8.75. The van der Waals surface area contributed by atoms with Crippen molar-refractivity contribution in [3.63, 3.8) is 0 Å². The van der Waals surface area contributed by atoms with Crippen LogP contribution in [0.15, 0.2) is 16.5 Å². The van der Waals surface area contributed by atoms with Crippen molar-refractivity contribution in [1.82, 2.24) is 15.2 Å². The molecule has 6 heteroatoms. The van der Waals surface area contributed by atoms with E-state index in [1.165, 1.54) is 0 Å². The maximum atomic E-state index is 5.97. The fourth-order valence-corrected chi connectivity index (χ4v) is 3.29. The number of benzene rings is 1. The van der Waals surface area contributed by atoms with Gasteiger partial charge >= 0.3 is 0 Å². The van der Waals surface area contributed by atoms with Crippen molar-refractivity contribution in [2.45, 2.75) is 26.8 Å². The Morgan fingerprint density at radius 3 is 2.76 bits per heavy atom. The monoisotopic (exact) mass is 345 g/mol. The second-order valence-electron chi connectivity index (χ2n) is 6.38. The standard InChI is InChI=1S/C19H27N3O3/c1-13-17(23-3)7-6-15(18(13)24-4)19-21-16(14(2)25-19)12-22-10-5-8-20-9-11-22/h6-7,20H,5,8-12H2,1-4H3. The summed E-state index contributed by atoms with van der Waals surface area (Å²) >= 11 is 0. The van der Waals surface area contributed by atoms with Gasteiger partial charge < -0.3 is 19.2 Å². The second kappa shape index (κ2) is 7.89. The van der Waals surface area contributed by atoms with Crippen molar-refractivity contribution in [2.24, 2.45) is 0 Å². The Morgan fingerprint density at radius 1 is 1.16 bits per heavy atom. The summed E-state index contributed by atoms with van der Waals surface area (Å²) in [4.78, 5) is 7.18. The molecular formula is C19H27N3O3. The van der Waals surface area contributed by atoms with E-state index in [0.29, 0.717) is 5.89 Å². The van der Waals surface area contributed by atoms with E-state index >= 15 is 0 Å². The van der Waals surface area contributed by atoms with Gasteiger partial charge in [0.25, 0.3) is 0 Å². The Labute approximate surface area is 149 Å². The Balaban J connectivity index is 1.88. The number of aromatic nitrogens is 1. The van der Waals surface area contributed by atoms with Crippen LogP contribution in [-0.4, -0.2) is 50.3 Å². The lowest BCUT2D eigenvalue weighted by Crippen LogP contribution is -2.28. The highest BCUT2D eigenvalue weighted by molar-refractivity contribution is 5.68. The van der Waals surface area contributed by atoms with E-state index in [-0.39, 0.29) is 0 Å². The molecule has 1 aromatic heterocycles. The van der Waals surface area contributed by atoms with Crippen molar-refractivity contribution in [2.75, 3.05) is 40.4 Å². The van der Waals surface area contributed by atoms with Crippen LogP contribution in [0, 0.1) is 13.8 Å². The third-order valence-corrected chi connectivity index (χ3v) is 4.71. The second-order valence-corrected chi connectivity index (χ2v) is 6.38. The molecule has 0 radical (unpaired) electrons. The van der Waals surface area contributed by atoms with Gasteiger partial charge in [-0.25, -0.2) is 4.98 Å². The number of aryl methyl sites for hydroxylation is 1. The number of hydrogen-bond acceptors (Lipinski definition) is 6. The van der Waals surface area contributed by atoms with Gasteiger partial charge in [0.1, 0.15) is 17.3 Å². The minimum atomic E-state index is 0.600. The minimum absolute atomic E-state index is 0.600. The maximum Gasteiger partial charge on any atom is 0.230 e. The first kappa shape index (κ1) is 17.8. The molecule has 3 rings (SSSR count). The van der Waals surface area contributed by atoms with Crippen LogP contribution in [0.5, 0.6) is 11.5 Å². The Hall–Kier alpha value is -2.05. The summed E-state index contributed by atoms with van der Waals surface area (Å²) in [5.74, 6) is 3.00. The van der Waals surface area contributed by atoms with Crippen LogP contribution < -0.4 is 14.8 Å². The lowest BCUT2D eigenvalue weighted by Gasteiger charge is -2.17. The van der Waals surface area contributed by atoms with Gasteiger partial charge in [0.05, 0.1) is 25.5 Å². The fraction of sp³-hybridized carbons (Fsp3) is 0.526. The molecule has 1 fully saturated rings. The highest BCUT2D eigenvalue weighted by atomic mass is 16.5. The molecule has 2 heterocycles. The molecule has 0 spiro atoms. The van der Waals surface area contributed by atoms with Crippen molar-refractivity contribution >= 4 is 0 Å². The maximum absolute atomic E-state index is 5.97. The predicted octanol–water partition coefficient (Wildman–Crippen LogP) is 2.77. The smallest absolute Gasteiger partial charge is 0.230 e. The van der Waals surface area contributed by atoms with Gasteiger partial charge in [0.2, 0.25) is 5.89 Å². The molecule has 0 aliphatic carbocycles. The molecule has 0 amide bonds. The van der Waals surface area contributed by atoms with Gasteiger partial charge in [-0.2, -0.15) is 0 Å². The number of nitrogens with one attached hydrogen (secondary N) is 1. The first-order valence-corrected chi connectivity index (χ1v) is 8.75. The van der Waals surface area contributed by atoms with Crippen LogP contribution in [0.25, 0.3) is 11.5 Å². The Kier molecular flexibility index (Phi) is 5.60. The number of rotatable bonds is 5. The highest BCUT2D eigenvalue weighted by Gasteiger charge is 2.20. The van der Waals surface area contributed by atoms with E-state index in [9.17, 15) is 0 Å². The van der Waals surface area contributed by atoms with E-state index < -0.39 is 0 Å². The van der Waals surface area contributed by atoms with Gasteiger partial charge in [-0.3, -0.25) is 4.90 Å². The van der Waals surface area contributed by atoms with E-state index in [0.717, 1.165) is 73.2 Å². The topological polar surface area (TPSA) is 59.8 Å². The highest BCUT2D eigenvalue weighted by Crippen LogP contribution is 2.38. The van der Waals surface area contributed by atoms with Crippen LogP contribution in [0.4, 0.5) is 0 Å². The summed E-state index contributed by atoms with van der Waals surface area (Å²) in [6.45, 7) is 8.99. The van der Waals surface area contributed by atoms with Crippen LogP contribution in [0.2, 0.25) is 0 Å². The molecule has 0 unspecified atom stereocenters. The van der Waals surface area contributed by atoms with Gasteiger partial charge in [-0.1, -0.05) is 0 Å². The summed E-state index contributed by atoms with van der Waals surface area (Å²) in [6, 6.07) is 3.86. The fourth-order valence-electron chi connectivity index (χ4n) is 3.29. The van der Waals surface area contributed by atoms with Crippen molar-refractivity contribution in [3.05, 3.63) is 29.2 Å². The number of oxazole rings is 1. The molecule has 6 nitrogen and oxygen atoms in total. The molecule has 136 valence electrons. The van der Waals surface area contributed by atoms with E-state index in [2.05, 4.69) is 10.2 Å². The van der Waals surface area contributed by atoms with Gasteiger partial charge in [0.15, 0.2) is 0 Å². The largest absolute Gasteiger partial charge is 0.496 e. The zero-order valence-electron chi connectivity index (χ0n) is 15.5. The normalized spacial score (nSPS) is 15.8. The van der Waals surface area contributed by atoms with Crippen LogP contribution in [0.3, 0.4) is 0 Å².